The van der Waals surface area contributed by atoms with Gasteiger partial charge < -0.3 is 15.1 Å². The van der Waals surface area contributed by atoms with Crippen molar-refractivity contribution < 1.29 is 9.69 Å². The number of rotatable bonds is 3. The molecule has 1 aliphatic heterocycles. The number of anilines is 2. The second-order valence-electron chi connectivity index (χ2n) is 7.38. The first-order valence-electron chi connectivity index (χ1n) is 9.57. The van der Waals surface area contributed by atoms with Gasteiger partial charge in [-0.2, -0.15) is 5.10 Å². The van der Waals surface area contributed by atoms with E-state index in [2.05, 4.69) is 22.4 Å². The lowest BCUT2D eigenvalue weighted by atomic mass is 10.1. The number of carbonyl (C=O) groups is 1. The Balaban J connectivity index is 1.71. The van der Waals surface area contributed by atoms with Crippen molar-refractivity contribution in [2.45, 2.75) is 0 Å². The van der Waals surface area contributed by atoms with E-state index in [9.17, 15) is 9.59 Å². The molecule has 2 N–H and O–H groups in total. The number of likely N-dealkylation sites (N-methyl/N-ethyl adjacent to an activating group) is 1. The molecule has 2 heterocycles. The van der Waals surface area contributed by atoms with E-state index in [4.69, 9.17) is 11.6 Å². The molecule has 8 heteroatoms. The third kappa shape index (κ3) is 3.83. The Morgan fingerprint density at radius 3 is 2.55 bits per heavy atom. The van der Waals surface area contributed by atoms with E-state index in [0.29, 0.717) is 21.5 Å². The predicted octanol–water partition coefficient (Wildman–Crippen LogP) is 1.17. The van der Waals surface area contributed by atoms with Gasteiger partial charge in [-0.1, -0.05) is 29.8 Å². The number of aryl methyl sites for hydroxylation is 1. The lowest BCUT2D eigenvalue weighted by Crippen LogP contribution is -3.12. The highest BCUT2D eigenvalue weighted by Gasteiger charge is 2.22. The van der Waals surface area contributed by atoms with Crippen LogP contribution in [0, 0.1) is 0 Å². The average Bonchev–Trinajstić information content (AvgIpc) is 2.71. The van der Waals surface area contributed by atoms with Gasteiger partial charge in [0.1, 0.15) is 0 Å². The average molecular weight is 413 g/mol. The third-order valence-corrected chi connectivity index (χ3v) is 5.57. The van der Waals surface area contributed by atoms with Gasteiger partial charge in [-0.25, -0.2) is 4.68 Å². The Hall–Kier alpha value is -2.90. The highest BCUT2D eigenvalue weighted by Crippen LogP contribution is 2.30. The number of nitrogens with one attached hydrogen (secondary N) is 2. The minimum absolute atomic E-state index is 0.205. The van der Waals surface area contributed by atoms with Crippen molar-refractivity contribution in [3.8, 4) is 0 Å². The van der Waals surface area contributed by atoms with Crippen LogP contribution >= 0.6 is 11.6 Å². The SMILES string of the molecule is Cn1nc(C(=O)Nc2cc(Cl)ccc2N2CC[NH+](C)CC2)c2ccccc2c1=O. The highest BCUT2D eigenvalue weighted by molar-refractivity contribution is 6.31. The van der Waals surface area contributed by atoms with Gasteiger partial charge in [0.2, 0.25) is 0 Å². The van der Waals surface area contributed by atoms with Gasteiger partial charge in [0.05, 0.1) is 50.0 Å². The van der Waals surface area contributed by atoms with E-state index < -0.39 is 0 Å². The van der Waals surface area contributed by atoms with Gasteiger partial charge in [-0.05, 0) is 24.3 Å². The number of nitrogens with zero attached hydrogens (tertiary/aromatic N) is 3. The molecule has 1 fully saturated rings. The zero-order valence-electron chi connectivity index (χ0n) is 16.4. The second-order valence-corrected chi connectivity index (χ2v) is 7.82. The fourth-order valence-electron chi connectivity index (χ4n) is 3.66. The van der Waals surface area contributed by atoms with Crippen LogP contribution in [0.4, 0.5) is 11.4 Å². The molecule has 0 atom stereocenters. The molecule has 29 heavy (non-hydrogen) atoms. The van der Waals surface area contributed by atoms with Crippen LogP contribution in [0.2, 0.25) is 5.02 Å². The fraction of sp³-hybridized carbons (Fsp3) is 0.286. The molecule has 7 nitrogen and oxygen atoms in total. The van der Waals surface area contributed by atoms with E-state index in [0.717, 1.165) is 31.9 Å². The van der Waals surface area contributed by atoms with Gasteiger partial charge in [0, 0.05) is 17.5 Å². The number of piperazine rings is 1. The summed E-state index contributed by atoms with van der Waals surface area (Å²) in [4.78, 5) is 29.2. The number of aromatic nitrogens is 2. The van der Waals surface area contributed by atoms with Crippen molar-refractivity contribution in [3.63, 3.8) is 0 Å². The summed E-state index contributed by atoms with van der Waals surface area (Å²) in [5.41, 5.74) is 1.54. The first-order chi connectivity index (χ1) is 13.9. The number of hydrogen-bond acceptors (Lipinski definition) is 4. The molecule has 0 unspecified atom stereocenters. The minimum Gasteiger partial charge on any atom is -0.359 e. The van der Waals surface area contributed by atoms with Crippen molar-refractivity contribution in [2.75, 3.05) is 43.4 Å². The van der Waals surface area contributed by atoms with E-state index in [1.54, 1.807) is 37.4 Å². The summed E-state index contributed by atoms with van der Waals surface area (Å²) >= 11 is 6.21. The van der Waals surface area contributed by atoms with E-state index in [1.807, 2.05) is 12.1 Å². The molecule has 4 rings (SSSR count). The van der Waals surface area contributed by atoms with Gasteiger partial charge >= 0.3 is 0 Å². The van der Waals surface area contributed by atoms with Crippen LogP contribution in [0.25, 0.3) is 10.8 Å². The number of amides is 1. The number of fused-ring (bicyclic) bond motifs is 1. The van der Waals surface area contributed by atoms with E-state index in [-0.39, 0.29) is 17.2 Å². The molecule has 1 aliphatic rings. The zero-order chi connectivity index (χ0) is 20.5. The second kappa shape index (κ2) is 7.85. The first-order valence-corrected chi connectivity index (χ1v) is 9.95. The van der Waals surface area contributed by atoms with E-state index >= 15 is 0 Å². The Labute approximate surface area is 173 Å². The molecule has 1 aromatic heterocycles. The monoisotopic (exact) mass is 412 g/mol. The molecule has 0 saturated carbocycles. The first kappa shape index (κ1) is 19.4. The molecule has 0 radical (unpaired) electrons. The molecule has 150 valence electrons. The van der Waals surface area contributed by atoms with Gasteiger partial charge in [-0.3, -0.25) is 9.59 Å². The molecular weight excluding hydrogens is 390 g/mol. The summed E-state index contributed by atoms with van der Waals surface area (Å²) in [5.74, 6) is -0.375. The van der Waals surface area contributed by atoms with Gasteiger partial charge in [-0.15, -0.1) is 0 Å². The van der Waals surface area contributed by atoms with Crippen LogP contribution in [-0.4, -0.2) is 48.9 Å². The van der Waals surface area contributed by atoms with Gasteiger partial charge in [0.25, 0.3) is 11.5 Å². The van der Waals surface area contributed by atoms with Crippen LogP contribution in [0.1, 0.15) is 10.5 Å². The predicted molar refractivity (Wildman–Crippen MR) is 115 cm³/mol. The maximum absolute atomic E-state index is 13.1. The van der Waals surface area contributed by atoms with E-state index in [1.165, 1.54) is 9.58 Å². The Bertz CT molecular complexity index is 1140. The van der Waals surface area contributed by atoms with Crippen LogP contribution in [0.15, 0.2) is 47.3 Å². The lowest BCUT2D eigenvalue weighted by Gasteiger charge is -2.33. The number of carbonyl (C=O) groups excluding carboxylic acids is 1. The van der Waals surface area contributed by atoms with Crippen LogP contribution in [-0.2, 0) is 7.05 Å². The topological polar surface area (TPSA) is 71.7 Å². The third-order valence-electron chi connectivity index (χ3n) is 5.34. The molecular formula is C21H23ClN5O2+. The van der Waals surface area contributed by atoms with Crippen molar-refractivity contribution in [3.05, 3.63) is 63.5 Å². The fourth-order valence-corrected chi connectivity index (χ4v) is 3.83. The molecule has 0 aliphatic carbocycles. The molecule has 0 spiro atoms. The smallest absolute Gasteiger partial charge is 0.276 e. The quantitative estimate of drug-likeness (QED) is 0.677. The molecule has 1 saturated heterocycles. The largest absolute Gasteiger partial charge is 0.359 e. The van der Waals surface area contributed by atoms with Crippen molar-refractivity contribution in [1.29, 1.82) is 0 Å². The summed E-state index contributed by atoms with van der Waals surface area (Å²) in [5, 5.41) is 8.71. The van der Waals surface area contributed by atoms with Crippen LogP contribution in [0.3, 0.4) is 0 Å². The normalized spacial score (nSPS) is 14.9. The Morgan fingerprint density at radius 2 is 1.83 bits per heavy atom. The van der Waals surface area contributed by atoms with Crippen molar-refractivity contribution in [2.24, 2.45) is 7.05 Å². The Morgan fingerprint density at radius 1 is 1.14 bits per heavy atom. The van der Waals surface area contributed by atoms with Crippen molar-refractivity contribution in [1.82, 2.24) is 9.78 Å². The number of quaternary nitrogens is 1. The molecule has 1 amide bonds. The summed E-state index contributed by atoms with van der Waals surface area (Å²) in [6.07, 6.45) is 0. The molecule has 0 bridgehead atoms. The minimum atomic E-state index is -0.375. The zero-order valence-corrected chi connectivity index (χ0v) is 17.2. The lowest BCUT2D eigenvalue weighted by molar-refractivity contribution is -0.880. The maximum atomic E-state index is 13.1. The van der Waals surface area contributed by atoms with Crippen LogP contribution < -0.4 is 20.7 Å². The maximum Gasteiger partial charge on any atom is 0.276 e. The number of halogens is 1. The summed E-state index contributed by atoms with van der Waals surface area (Å²) in [6, 6.07) is 12.5. The van der Waals surface area contributed by atoms with Gasteiger partial charge in [0.15, 0.2) is 5.69 Å². The summed E-state index contributed by atoms with van der Waals surface area (Å²) in [6.45, 7) is 3.86. The Kier molecular flexibility index (Phi) is 5.25. The van der Waals surface area contributed by atoms with Crippen molar-refractivity contribution >= 4 is 39.7 Å². The van der Waals surface area contributed by atoms with Crippen LogP contribution in [0.5, 0.6) is 0 Å². The number of benzene rings is 2. The number of hydrogen-bond donors (Lipinski definition) is 2. The standard InChI is InChI=1S/C21H22ClN5O2/c1-25-9-11-27(12-10-25)18-8-7-14(22)13-17(18)23-20(28)19-15-5-3-4-6-16(15)21(29)26(2)24-19/h3-8,13H,9-12H2,1-2H3,(H,23,28)/p+1. The molecule has 3 aromatic rings. The highest BCUT2D eigenvalue weighted by atomic mass is 35.5. The summed E-state index contributed by atoms with van der Waals surface area (Å²) in [7, 11) is 3.72. The molecule has 2 aromatic carbocycles. The summed E-state index contributed by atoms with van der Waals surface area (Å²) < 4.78 is 1.19.